The van der Waals surface area contributed by atoms with Crippen molar-refractivity contribution in [2.45, 2.75) is 53.5 Å². The van der Waals surface area contributed by atoms with Crippen molar-refractivity contribution in [1.29, 1.82) is 0 Å². The van der Waals surface area contributed by atoms with E-state index < -0.39 is 0 Å². The topological polar surface area (TPSA) is 62.3 Å². The number of piperidine rings is 1. The summed E-state index contributed by atoms with van der Waals surface area (Å²) in [6.45, 7) is 11.4. The van der Waals surface area contributed by atoms with Crippen LogP contribution in [0.25, 0.3) is 10.9 Å². The van der Waals surface area contributed by atoms with Gasteiger partial charge in [-0.25, -0.2) is 0 Å². The smallest absolute Gasteiger partial charge is 0.255 e. The third kappa shape index (κ3) is 4.34. The molecule has 0 aliphatic carbocycles. The van der Waals surface area contributed by atoms with Crippen molar-refractivity contribution in [3.05, 3.63) is 41.1 Å². The van der Waals surface area contributed by atoms with Crippen molar-refractivity contribution in [3.8, 4) is 0 Å². The first-order valence-corrected chi connectivity index (χ1v) is 10.2. The van der Waals surface area contributed by atoms with Crippen molar-refractivity contribution in [3.63, 3.8) is 0 Å². The summed E-state index contributed by atoms with van der Waals surface area (Å²) in [6.07, 6.45) is 1.42. The van der Waals surface area contributed by atoms with Crippen molar-refractivity contribution < 1.29 is 9.59 Å². The number of nitrogens with zero attached hydrogens (tertiary/aromatic N) is 2. The van der Waals surface area contributed by atoms with Gasteiger partial charge in [-0.3, -0.25) is 14.6 Å². The number of rotatable bonds is 4. The fraction of sp³-hybridized carbons (Fsp3) is 0.522. The lowest BCUT2D eigenvalue weighted by Crippen LogP contribution is -2.45. The SMILES string of the molecule is Cc1ccc2nc(C)c(C(=O)N3CCC(C(=O)NC(C)C(C)C)CC3)cc2c1. The number of aryl methyl sites for hydroxylation is 2. The molecule has 1 aliphatic rings. The summed E-state index contributed by atoms with van der Waals surface area (Å²) in [6, 6.07) is 8.21. The monoisotopic (exact) mass is 381 g/mol. The third-order valence-electron chi connectivity index (χ3n) is 5.91. The van der Waals surface area contributed by atoms with Gasteiger partial charge in [-0.2, -0.15) is 0 Å². The molecule has 1 N–H and O–H groups in total. The normalized spacial score (nSPS) is 16.4. The Hall–Kier alpha value is -2.43. The summed E-state index contributed by atoms with van der Waals surface area (Å²) in [5.41, 5.74) is 3.48. The lowest BCUT2D eigenvalue weighted by Gasteiger charge is -2.32. The number of pyridine rings is 1. The van der Waals surface area contributed by atoms with Gasteiger partial charge >= 0.3 is 0 Å². The number of hydrogen-bond donors (Lipinski definition) is 1. The van der Waals surface area contributed by atoms with E-state index in [1.165, 1.54) is 0 Å². The number of carbonyl (C=O) groups excluding carboxylic acids is 2. The highest BCUT2D eigenvalue weighted by molar-refractivity contribution is 5.98. The Kier molecular flexibility index (Phi) is 6.01. The molecule has 2 amide bonds. The van der Waals surface area contributed by atoms with Crippen LogP contribution < -0.4 is 5.32 Å². The maximum absolute atomic E-state index is 13.1. The van der Waals surface area contributed by atoms with Gasteiger partial charge in [-0.15, -0.1) is 0 Å². The highest BCUT2D eigenvalue weighted by Gasteiger charge is 2.29. The second-order valence-corrected chi connectivity index (χ2v) is 8.43. The van der Waals surface area contributed by atoms with Crippen LogP contribution in [0.2, 0.25) is 0 Å². The lowest BCUT2D eigenvalue weighted by molar-refractivity contribution is -0.127. The molecule has 2 aromatic rings. The molecular formula is C23H31N3O2. The molecule has 150 valence electrons. The third-order valence-corrected chi connectivity index (χ3v) is 5.91. The Morgan fingerprint density at radius 1 is 1.11 bits per heavy atom. The minimum Gasteiger partial charge on any atom is -0.353 e. The molecule has 5 nitrogen and oxygen atoms in total. The molecule has 1 aromatic carbocycles. The molecule has 28 heavy (non-hydrogen) atoms. The summed E-state index contributed by atoms with van der Waals surface area (Å²) >= 11 is 0. The van der Waals surface area contributed by atoms with Crippen LogP contribution in [0, 0.1) is 25.7 Å². The molecule has 0 spiro atoms. The van der Waals surface area contributed by atoms with Gasteiger partial charge in [0, 0.05) is 30.4 Å². The standard InChI is InChI=1S/C23H31N3O2/c1-14(2)16(4)25-22(27)18-8-10-26(11-9-18)23(28)20-13-19-12-15(3)6-7-21(19)24-17(20)5/h6-7,12-14,16,18H,8-11H2,1-5H3,(H,25,27). The van der Waals surface area contributed by atoms with Gasteiger partial charge in [0.05, 0.1) is 16.8 Å². The fourth-order valence-electron chi connectivity index (χ4n) is 3.63. The first kappa shape index (κ1) is 20.3. The van der Waals surface area contributed by atoms with E-state index in [1.807, 2.05) is 43.9 Å². The summed E-state index contributed by atoms with van der Waals surface area (Å²) in [5.74, 6) is 0.538. The molecule has 2 heterocycles. The number of fused-ring (bicyclic) bond motifs is 1. The molecule has 1 unspecified atom stereocenters. The zero-order valence-corrected chi connectivity index (χ0v) is 17.6. The van der Waals surface area contributed by atoms with E-state index in [9.17, 15) is 9.59 Å². The van der Waals surface area contributed by atoms with E-state index in [0.29, 0.717) is 37.4 Å². The molecule has 0 radical (unpaired) electrons. The number of carbonyl (C=O) groups is 2. The lowest BCUT2D eigenvalue weighted by atomic mass is 9.94. The van der Waals surface area contributed by atoms with E-state index >= 15 is 0 Å². The molecule has 1 aliphatic heterocycles. The summed E-state index contributed by atoms with van der Waals surface area (Å²) < 4.78 is 0. The highest BCUT2D eigenvalue weighted by atomic mass is 16.2. The van der Waals surface area contributed by atoms with Gasteiger partial charge in [0.15, 0.2) is 0 Å². The average Bonchev–Trinajstić information content (AvgIpc) is 2.67. The number of likely N-dealkylation sites (tertiary alicyclic amines) is 1. The predicted octanol–water partition coefficient (Wildman–Crippen LogP) is 3.86. The number of amides is 2. The zero-order chi connectivity index (χ0) is 20.4. The first-order valence-electron chi connectivity index (χ1n) is 10.2. The van der Waals surface area contributed by atoms with Gasteiger partial charge < -0.3 is 10.2 Å². The average molecular weight is 382 g/mol. The minimum absolute atomic E-state index is 0.0104. The van der Waals surface area contributed by atoms with Crippen LogP contribution in [-0.2, 0) is 4.79 Å². The van der Waals surface area contributed by atoms with E-state index in [1.54, 1.807) is 0 Å². The van der Waals surface area contributed by atoms with E-state index in [-0.39, 0.29) is 23.8 Å². The molecule has 1 fully saturated rings. The molecule has 1 aromatic heterocycles. The van der Waals surface area contributed by atoms with Crippen LogP contribution >= 0.6 is 0 Å². The van der Waals surface area contributed by atoms with Gasteiger partial charge in [-0.05, 0) is 57.7 Å². The summed E-state index contributed by atoms with van der Waals surface area (Å²) in [4.78, 5) is 32.0. The van der Waals surface area contributed by atoms with E-state index in [0.717, 1.165) is 22.2 Å². The van der Waals surface area contributed by atoms with Crippen LogP contribution in [0.3, 0.4) is 0 Å². The van der Waals surface area contributed by atoms with Crippen molar-refractivity contribution >= 4 is 22.7 Å². The van der Waals surface area contributed by atoms with Crippen LogP contribution in [0.1, 0.15) is 55.2 Å². The first-order chi connectivity index (χ1) is 13.3. The molecule has 0 saturated carbocycles. The van der Waals surface area contributed by atoms with Crippen LogP contribution in [0.5, 0.6) is 0 Å². The fourth-order valence-corrected chi connectivity index (χ4v) is 3.63. The number of nitrogens with one attached hydrogen (secondary N) is 1. The van der Waals surface area contributed by atoms with Crippen LogP contribution in [0.4, 0.5) is 0 Å². The van der Waals surface area contributed by atoms with Crippen molar-refractivity contribution in [1.82, 2.24) is 15.2 Å². The van der Waals surface area contributed by atoms with E-state index in [2.05, 4.69) is 30.2 Å². The quantitative estimate of drug-likeness (QED) is 0.875. The van der Waals surface area contributed by atoms with Gasteiger partial charge in [0.1, 0.15) is 0 Å². The molecule has 0 bridgehead atoms. The van der Waals surface area contributed by atoms with Crippen LogP contribution in [0.15, 0.2) is 24.3 Å². The maximum Gasteiger partial charge on any atom is 0.255 e. The Labute approximate surface area is 167 Å². The van der Waals surface area contributed by atoms with Crippen molar-refractivity contribution in [2.24, 2.45) is 11.8 Å². The van der Waals surface area contributed by atoms with Crippen LogP contribution in [-0.4, -0.2) is 40.8 Å². The number of hydrogen-bond acceptors (Lipinski definition) is 3. The summed E-state index contributed by atoms with van der Waals surface area (Å²) in [5, 5.41) is 4.10. The second kappa shape index (κ2) is 8.29. The zero-order valence-electron chi connectivity index (χ0n) is 17.6. The van der Waals surface area contributed by atoms with Gasteiger partial charge in [0.2, 0.25) is 5.91 Å². The maximum atomic E-state index is 13.1. The Morgan fingerprint density at radius 3 is 2.43 bits per heavy atom. The second-order valence-electron chi connectivity index (χ2n) is 8.43. The molecule has 1 atom stereocenters. The molecule has 1 saturated heterocycles. The van der Waals surface area contributed by atoms with Gasteiger partial charge in [-0.1, -0.05) is 25.5 Å². The molecule has 5 heteroatoms. The van der Waals surface area contributed by atoms with Gasteiger partial charge in [0.25, 0.3) is 5.91 Å². The molecule has 3 rings (SSSR count). The largest absolute Gasteiger partial charge is 0.353 e. The summed E-state index contributed by atoms with van der Waals surface area (Å²) in [7, 11) is 0. The minimum atomic E-state index is -0.0104. The number of aromatic nitrogens is 1. The predicted molar refractivity (Wildman–Crippen MR) is 112 cm³/mol. The molecular weight excluding hydrogens is 350 g/mol. The Morgan fingerprint density at radius 2 is 1.79 bits per heavy atom. The highest BCUT2D eigenvalue weighted by Crippen LogP contribution is 2.23. The number of benzene rings is 1. The Bertz CT molecular complexity index is 883. The van der Waals surface area contributed by atoms with Crippen molar-refractivity contribution in [2.75, 3.05) is 13.1 Å². The Balaban J connectivity index is 1.68. The van der Waals surface area contributed by atoms with E-state index in [4.69, 9.17) is 0 Å².